The third-order valence-electron chi connectivity index (χ3n) is 4.55. The van der Waals surface area contributed by atoms with E-state index in [0.29, 0.717) is 22.9 Å². The Labute approximate surface area is 121 Å². The molecule has 1 aliphatic carbocycles. The average Bonchev–Trinajstić information content (AvgIpc) is 3.01. The van der Waals surface area contributed by atoms with Crippen molar-refractivity contribution in [2.75, 3.05) is 0 Å². The van der Waals surface area contributed by atoms with Gasteiger partial charge in [0.25, 0.3) is 5.91 Å². The fourth-order valence-electron chi connectivity index (χ4n) is 3.60. The Balaban J connectivity index is 1.93. The lowest BCUT2D eigenvalue weighted by Gasteiger charge is -2.32. The summed E-state index contributed by atoms with van der Waals surface area (Å²) in [5.74, 6) is -0.677. The highest BCUT2D eigenvalue weighted by atomic mass is 32.1. The van der Waals surface area contributed by atoms with Gasteiger partial charge in [-0.05, 0) is 32.1 Å². The maximum absolute atomic E-state index is 12.7. The Bertz CT molecular complexity index is 542. The Morgan fingerprint density at radius 1 is 1.40 bits per heavy atom. The van der Waals surface area contributed by atoms with Crippen molar-refractivity contribution in [2.45, 2.75) is 51.1 Å². The molecule has 5 nitrogen and oxygen atoms in total. The van der Waals surface area contributed by atoms with Gasteiger partial charge < -0.3 is 10.0 Å². The number of nitrogens with zero attached hydrogens (tertiary/aromatic N) is 2. The van der Waals surface area contributed by atoms with Crippen molar-refractivity contribution in [2.24, 2.45) is 5.92 Å². The summed E-state index contributed by atoms with van der Waals surface area (Å²) in [7, 11) is 0. The lowest BCUT2D eigenvalue weighted by Crippen LogP contribution is -2.46. The monoisotopic (exact) mass is 294 g/mol. The molecule has 0 spiro atoms. The van der Waals surface area contributed by atoms with E-state index in [-0.39, 0.29) is 11.9 Å². The van der Waals surface area contributed by atoms with Crippen molar-refractivity contribution >= 4 is 23.2 Å². The Morgan fingerprint density at radius 2 is 2.15 bits per heavy atom. The molecule has 1 aromatic rings. The zero-order valence-electron chi connectivity index (χ0n) is 11.4. The van der Waals surface area contributed by atoms with Gasteiger partial charge >= 0.3 is 5.97 Å². The first-order valence-corrected chi connectivity index (χ1v) is 7.93. The van der Waals surface area contributed by atoms with Gasteiger partial charge in [0.1, 0.15) is 10.9 Å². The SMILES string of the molecule is Cc1ncsc1C(=O)N1[C@H](C(=O)O)C[C@H]2CCCC[C@@H]21. The molecular weight excluding hydrogens is 276 g/mol. The van der Waals surface area contributed by atoms with E-state index in [4.69, 9.17) is 0 Å². The number of aromatic nitrogens is 1. The summed E-state index contributed by atoms with van der Waals surface area (Å²) in [5.41, 5.74) is 2.34. The molecule has 2 aliphatic rings. The third-order valence-corrected chi connectivity index (χ3v) is 5.46. The number of likely N-dealkylation sites (tertiary alicyclic amines) is 1. The smallest absolute Gasteiger partial charge is 0.326 e. The van der Waals surface area contributed by atoms with Gasteiger partial charge in [-0.15, -0.1) is 11.3 Å². The summed E-state index contributed by atoms with van der Waals surface area (Å²) in [5, 5.41) is 9.44. The predicted molar refractivity (Wildman–Crippen MR) is 74.8 cm³/mol. The van der Waals surface area contributed by atoms with Crippen molar-refractivity contribution < 1.29 is 14.7 Å². The highest BCUT2D eigenvalue weighted by molar-refractivity contribution is 7.11. The first-order valence-electron chi connectivity index (χ1n) is 7.05. The number of amides is 1. The number of carbonyl (C=O) groups excluding carboxylic acids is 1. The van der Waals surface area contributed by atoms with E-state index in [9.17, 15) is 14.7 Å². The van der Waals surface area contributed by atoms with Crippen LogP contribution in [0.25, 0.3) is 0 Å². The van der Waals surface area contributed by atoms with E-state index in [1.165, 1.54) is 11.3 Å². The Hall–Kier alpha value is -1.43. The van der Waals surface area contributed by atoms with Crippen molar-refractivity contribution in [1.29, 1.82) is 0 Å². The fraction of sp³-hybridized carbons (Fsp3) is 0.643. The fourth-order valence-corrected chi connectivity index (χ4v) is 4.34. The molecule has 1 aliphatic heterocycles. The molecule has 2 heterocycles. The van der Waals surface area contributed by atoms with Crippen LogP contribution in [0.4, 0.5) is 0 Å². The molecule has 6 heteroatoms. The van der Waals surface area contributed by atoms with Crippen LogP contribution in [0.2, 0.25) is 0 Å². The summed E-state index contributed by atoms with van der Waals surface area (Å²) in [6, 6.07) is -0.573. The van der Waals surface area contributed by atoms with Crippen LogP contribution < -0.4 is 0 Å². The second-order valence-electron chi connectivity index (χ2n) is 5.68. The largest absolute Gasteiger partial charge is 0.480 e. The Kier molecular flexibility index (Phi) is 3.50. The first kappa shape index (κ1) is 13.5. The van der Waals surface area contributed by atoms with E-state index in [2.05, 4.69) is 4.98 Å². The predicted octanol–water partition coefficient (Wildman–Crippen LogP) is 2.31. The van der Waals surface area contributed by atoms with Crippen LogP contribution in [0.15, 0.2) is 5.51 Å². The van der Waals surface area contributed by atoms with Crippen LogP contribution in [0.5, 0.6) is 0 Å². The zero-order valence-corrected chi connectivity index (χ0v) is 12.2. The number of aliphatic carboxylic acids is 1. The second kappa shape index (κ2) is 5.16. The minimum absolute atomic E-state index is 0.0962. The molecule has 0 bridgehead atoms. The molecule has 0 aromatic carbocycles. The number of rotatable bonds is 2. The molecule has 1 N–H and O–H groups in total. The molecule has 3 rings (SSSR count). The number of carbonyl (C=O) groups is 2. The minimum atomic E-state index is -0.880. The topological polar surface area (TPSA) is 70.5 Å². The normalized spacial score (nSPS) is 29.2. The maximum Gasteiger partial charge on any atom is 0.326 e. The number of carboxylic acid groups (broad SMARTS) is 1. The zero-order chi connectivity index (χ0) is 14.3. The molecule has 1 saturated carbocycles. The lowest BCUT2D eigenvalue weighted by atomic mass is 9.85. The van der Waals surface area contributed by atoms with Gasteiger partial charge in [0, 0.05) is 6.04 Å². The third kappa shape index (κ3) is 2.12. The second-order valence-corrected chi connectivity index (χ2v) is 6.54. The highest BCUT2D eigenvalue weighted by Crippen LogP contribution is 2.41. The van der Waals surface area contributed by atoms with Crippen LogP contribution in [0.1, 0.15) is 47.5 Å². The van der Waals surface area contributed by atoms with Crippen LogP contribution in [0, 0.1) is 12.8 Å². The first-order chi connectivity index (χ1) is 9.59. The highest BCUT2D eigenvalue weighted by Gasteiger charge is 2.48. The summed E-state index contributed by atoms with van der Waals surface area (Å²) < 4.78 is 0. The van der Waals surface area contributed by atoms with Crippen LogP contribution in [-0.2, 0) is 4.79 Å². The summed E-state index contributed by atoms with van der Waals surface area (Å²) in [6.07, 6.45) is 4.80. The summed E-state index contributed by atoms with van der Waals surface area (Å²) in [4.78, 5) is 30.6. The Morgan fingerprint density at radius 3 is 2.80 bits per heavy atom. The van der Waals surface area contributed by atoms with Crippen LogP contribution >= 0.6 is 11.3 Å². The molecule has 20 heavy (non-hydrogen) atoms. The van der Waals surface area contributed by atoms with Crippen molar-refractivity contribution in [3.05, 3.63) is 16.1 Å². The van der Waals surface area contributed by atoms with Gasteiger partial charge in [0.15, 0.2) is 0 Å². The molecular formula is C14H18N2O3S. The molecule has 0 unspecified atom stereocenters. The van der Waals surface area contributed by atoms with Crippen molar-refractivity contribution in [1.82, 2.24) is 9.88 Å². The van der Waals surface area contributed by atoms with E-state index in [1.807, 2.05) is 0 Å². The van der Waals surface area contributed by atoms with E-state index < -0.39 is 12.0 Å². The molecule has 108 valence electrons. The molecule has 2 fully saturated rings. The van der Waals surface area contributed by atoms with Gasteiger partial charge in [0.05, 0.1) is 11.2 Å². The minimum Gasteiger partial charge on any atom is -0.480 e. The van der Waals surface area contributed by atoms with Gasteiger partial charge in [-0.3, -0.25) is 4.79 Å². The number of aryl methyl sites for hydroxylation is 1. The lowest BCUT2D eigenvalue weighted by molar-refractivity contribution is -0.141. The average molecular weight is 294 g/mol. The van der Waals surface area contributed by atoms with Gasteiger partial charge in [-0.25, -0.2) is 9.78 Å². The quantitative estimate of drug-likeness (QED) is 0.908. The van der Waals surface area contributed by atoms with Crippen LogP contribution in [0.3, 0.4) is 0 Å². The van der Waals surface area contributed by atoms with E-state index in [1.54, 1.807) is 17.3 Å². The molecule has 3 atom stereocenters. The summed E-state index contributed by atoms with van der Waals surface area (Å²) >= 11 is 1.30. The van der Waals surface area contributed by atoms with E-state index in [0.717, 1.165) is 25.7 Å². The van der Waals surface area contributed by atoms with E-state index >= 15 is 0 Å². The van der Waals surface area contributed by atoms with Gasteiger partial charge in [0.2, 0.25) is 0 Å². The standard InChI is InChI=1S/C14H18N2O3S/c1-8-12(20-7-15-8)13(17)16-10-5-3-2-4-9(10)6-11(16)14(18)19/h7,9-11H,2-6H2,1H3,(H,18,19)/t9-,10+,11+/m1/s1. The van der Waals surface area contributed by atoms with Crippen molar-refractivity contribution in [3.8, 4) is 0 Å². The number of hydrogen-bond donors (Lipinski definition) is 1. The molecule has 1 aromatic heterocycles. The van der Waals surface area contributed by atoms with Gasteiger partial charge in [-0.2, -0.15) is 0 Å². The molecule has 0 radical (unpaired) electrons. The molecule has 1 amide bonds. The summed E-state index contributed by atoms with van der Waals surface area (Å²) in [6.45, 7) is 1.80. The number of hydrogen-bond acceptors (Lipinski definition) is 4. The molecule has 1 saturated heterocycles. The van der Waals surface area contributed by atoms with Gasteiger partial charge in [-0.1, -0.05) is 12.8 Å². The number of thiazole rings is 1. The number of fused-ring (bicyclic) bond motifs is 1. The van der Waals surface area contributed by atoms with Crippen molar-refractivity contribution in [3.63, 3.8) is 0 Å². The maximum atomic E-state index is 12.7. The van der Waals surface area contributed by atoms with Crippen LogP contribution in [-0.4, -0.2) is 39.0 Å². The number of carboxylic acids is 1.